The van der Waals surface area contributed by atoms with Crippen LogP contribution in [-0.2, 0) is 10.0 Å². The highest BCUT2D eigenvalue weighted by atomic mass is 32.2. The molecule has 1 aromatic carbocycles. The van der Waals surface area contributed by atoms with Crippen molar-refractivity contribution in [1.82, 2.24) is 4.72 Å². The van der Waals surface area contributed by atoms with E-state index in [0.29, 0.717) is 18.8 Å². The van der Waals surface area contributed by atoms with Crippen LogP contribution in [0, 0.1) is 0 Å². The van der Waals surface area contributed by atoms with Gasteiger partial charge >= 0.3 is 0 Å². The van der Waals surface area contributed by atoms with Crippen LogP contribution in [0.2, 0.25) is 0 Å². The number of rotatable bonds is 7. The molecule has 0 aliphatic heterocycles. The van der Waals surface area contributed by atoms with E-state index in [1.54, 1.807) is 24.3 Å². The predicted octanol–water partition coefficient (Wildman–Crippen LogP) is 1.67. The fourth-order valence-corrected chi connectivity index (χ4v) is 3.63. The maximum Gasteiger partial charge on any atom is 0.241 e. The quantitative estimate of drug-likeness (QED) is 0.751. The zero-order chi connectivity index (χ0) is 14.6. The van der Waals surface area contributed by atoms with Crippen LogP contribution in [0.3, 0.4) is 0 Å². The van der Waals surface area contributed by atoms with Crippen molar-refractivity contribution >= 4 is 10.0 Å². The molecule has 20 heavy (non-hydrogen) atoms. The summed E-state index contributed by atoms with van der Waals surface area (Å²) in [4.78, 5) is 0.250. The van der Waals surface area contributed by atoms with Gasteiger partial charge in [-0.15, -0.1) is 0 Å². The minimum Gasteiger partial charge on any atom is -0.494 e. The Hall–Kier alpha value is -1.11. The second-order valence-electron chi connectivity index (χ2n) is 5.42. The number of aliphatic hydroxyl groups excluding tert-OH is 1. The SMILES string of the molecule is CC1(NS(=O)(=O)c2ccc(OCCCO)cc2)CCC1. The molecule has 0 bridgehead atoms. The Morgan fingerprint density at radius 3 is 2.45 bits per heavy atom. The average molecular weight is 299 g/mol. The molecule has 0 radical (unpaired) electrons. The van der Waals surface area contributed by atoms with Crippen LogP contribution in [0.25, 0.3) is 0 Å². The first-order valence-electron chi connectivity index (χ1n) is 6.83. The molecule has 1 saturated carbocycles. The molecule has 0 aromatic heterocycles. The summed E-state index contributed by atoms with van der Waals surface area (Å²) < 4.78 is 32.6. The largest absolute Gasteiger partial charge is 0.494 e. The van der Waals surface area contributed by atoms with E-state index < -0.39 is 10.0 Å². The summed E-state index contributed by atoms with van der Waals surface area (Å²) in [6.45, 7) is 2.42. The molecule has 0 spiro atoms. The van der Waals surface area contributed by atoms with Crippen molar-refractivity contribution in [2.24, 2.45) is 0 Å². The summed E-state index contributed by atoms with van der Waals surface area (Å²) in [5.41, 5.74) is -0.296. The van der Waals surface area contributed by atoms with Gasteiger partial charge in [0, 0.05) is 18.6 Å². The van der Waals surface area contributed by atoms with Gasteiger partial charge in [-0.1, -0.05) is 0 Å². The standard InChI is InChI=1S/C14H21NO4S/c1-14(8-2-9-14)15-20(17,18)13-6-4-12(5-7-13)19-11-3-10-16/h4-7,15-16H,2-3,8-11H2,1H3. The third-order valence-corrected chi connectivity index (χ3v) is 5.20. The fourth-order valence-electron chi connectivity index (χ4n) is 2.16. The third-order valence-electron chi connectivity index (χ3n) is 3.54. The number of sulfonamides is 1. The first kappa shape index (κ1) is 15.3. The van der Waals surface area contributed by atoms with Crippen LogP contribution in [0.5, 0.6) is 5.75 Å². The van der Waals surface area contributed by atoms with Crippen molar-refractivity contribution in [3.05, 3.63) is 24.3 Å². The smallest absolute Gasteiger partial charge is 0.241 e. The van der Waals surface area contributed by atoms with Gasteiger partial charge in [0.15, 0.2) is 0 Å². The number of aliphatic hydroxyl groups is 1. The van der Waals surface area contributed by atoms with Gasteiger partial charge < -0.3 is 9.84 Å². The molecule has 5 nitrogen and oxygen atoms in total. The highest BCUT2D eigenvalue weighted by Crippen LogP contribution is 2.32. The van der Waals surface area contributed by atoms with E-state index in [2.05, 4.69) is 4.72 Å². The van der Waals surface area contributed by atoms with Crippen molar-refractivity contribution in [3.8, 4) is 5.75 Å². The van der Waals surface area contributed by atoms with Gasteiger partial charge in [0.25, 0.3) is 0 Å². The first-order chi connectivity index (χ1) is 9.45. The summed E-state index contributed by atoms with van der Waals surface area (Å²) in [5.74, 6) is 0.604. The Bertz CT molecular complexity index is 535. The lowest BCUT2D eigenvalue weighted by atomic mass is 9.80. The second-order valence-corrected chi connectivity index (χ2v) is 7.10. The monoisotopic (exact) mass is 299 g/mol. The van der Waals surface area contributed by atoms with Crippen LogP contribution in [0.4, 0.5) is 0 Å². The fraction of sp³-hybridized carbons (Fsp3) is 0.571. The molecule has 0 unspecified atom stereocenters. The van der Waals surface area contributed by atoms with E-state index in [1.807, 2.05) is 6.92 Å². The molecule has 0 heterocycles. The predicted molar refractivity (Wildman–Crippen MR) is 76.2 cm³/mol. The van der Waals surface area contributed by atoms with Crippen LogP contribution >= 0.6 is 0 Å². The lowest BCUT2D eigenvalue weighted by Crippen LogP contribution is -2.50. The highest BCUT2D eigenvalue weighted by Gasteiger charge is 2.36. The van der Waals surface area contributed by atoms with E-state index in [-0.39, 0.29) is 17.0 Å². The molecule has 2 rings (SSSR count). The number of ether oxygens (including phenoxy) is 1. The van der Waals surface area contributed by atoms with E-state index in [9.17, 15) is 8.42 Å². The van der Waals surface area contributed by atoms with Crippen molar-refractivity contribution in [2.75, 3.05) is 13.2 Å². The summed E-state index contributed by atoms with van der Waals surface area (Å²) in [6.07, 6.45) is 3.39. The molecule has 1 aliphatic rings. The summed E-state index contributed by atoms with van der Waals surface area (Å²) in [7, 11) is -3.47. The molecule has 0 amide bonds. The molecule has 0 atom stereocenters. The highest BCUT2D eigenvalue weighted by molar-refractivity contribution is 7.89. The van der Waals surface area contributed by atoms with E-state index in [4.69, 9.17) is 9.84 Å². The maximum atomic E-state index is 12.2. The zero-order valence-corrected chi connectivity index (χ0v) is 12.4. The lowest BCUT2D eigenvalue weighted by Gasteiger charge is -2.38. The molecule has 1 fully saturated rings. The first-order valence-corrected chi connectivity index (χ1v) is 8.31. The van der Waals surface area contributed by atoms with Gasteiger partial charge in [0.2, 0.25) is 10.0 Å². The van der Waals surface area contributed by atoms with Crippen molar-refractivity contribution in [1.29, 1.82) is 0 Å². The molecule has 2 N–H and O–H groups in total. The van der Waals surface area contributed by atoms with Crippen molar-refractivity contribution < 1.29 is 18.3 Å². The van der Waals surface area contributed by atoms with Gasteiger partial charge in [0.1, 0.15) is 5.75 Å². The Labute approximate surface area is 120 Å². The van der Waals surface area contributed by atoms with Crippen LogP contribution in [0.1, 0.15) is 32.6 Å². The molecule has 1 aromatic rings. The van der Waals surface area contributed by atoms with E-state index in [1.165, 1.54) is 0 Å². The van der Waals surface area contributed by atoms with Crippen molar-refractivity contribution in [2.45, 2.75) is 43.0 Å². The van der Waals surface area contributed by atoms with Crippen LogP contribution in [-0.4, -0.2) is 32.3 Å². The number of benzene rings is 1. The van der Waals surface area contributed by atoms with Crippen LogP contribution < -0.4 is 9.46 Å². The molecular weight excluding hydrogens is 278 g/mol. The number of hydrogen-bond acceptors (Lipinski definition) is 4. The van der Waals surface area contributed by atoms with Crippen LogP contribution in [0.15, 0.2) is 29.2 Å². The van der Waals surface area contributed by atoms with E-state index in [0.717, 1.165) is 19.3 Å². The summed E-state index contributed by atoms with van der Waals surface area (Å²) in [6, 6.07) is 6.35. The Kier molecular flexibility index (Phi) is 4.67. The van der Waals surface area contributed by atoms with Gasteiger partial charge in [0.05, 0.1) is 11.5 Å². The van der Waals surface area contributed by atoms with Crippen molar-refractivity contribution in [3.63, 3.8) is 0 Å². The summed E-state index contributed by atoms with van der Waals surface area (Å²) in [5, 5.41) is 8.66. The molecule has 6 heteroatoms. The number of hydrogen-bond donors (Lipinski definition) is 2. The third kappa shape index (κ3) is 3.71. The lowest BCUT2D eigenvalue weighted by molar-refractivity contribution is 0.233. The normalized spacial score (nSPS) is 17.5. The van der Waals surface area contributed by atoms with Gasteiger partial charge in [-0.2, -0.15) is 0 Å². The van der Waals surface area contributed by atoms with Gasteiger partial charge in [-0.05, 0) is 50.5 Å². The Morgan fingerprint density at radius 2 is 1.95 bits per heavy atom. The summed E-state index contributed by atoms with van der Waals surface area (Å²) >= 11 is 0. The zero-order valence-electron chi connectivity index (χ0n) is 11.6. The maximum absolute atomic E-state index is 12.2. The molecular formula is C14H21NO4S. The van der Waals surface area contributed by atoms with Gasteiger partial charge in [-0.3, -0.25) is 0 Å². The van der Waals surface area contributed by atoms with Gasteiger partial charge in [-0.25, -0.2) is 13.1 Å². The average Bonchev–Trinajstić information content (AvgIpc) is 2.37. The minimum atomic E-state index is -3.47. The Balaban J connectivity index is 2.01. The second kappa shape index (κ2) is 6.11. The minimum absolute atomic E-state index is 0.0783. The molecule has 112 valence electrons. The topological polar surface area (TPSA) is 75.6 Å². The number of nitrogens with one attached hydrogen (secondary N) is 1. The van der Waals surface area contributed by atoms with E-state index >= 15 is 0 Å². The molecule has 0 saturated heterocycles. The Morgan fingerprint density at radius 1 is 1.30 bits per heavy atom. The molecule has 1 aliphatic carbocycles.